The van der Waals surface area contributed by atoms with Crippen molar-refractivity contribution in [3.8, 4) is 17.6 Å². The van der Waals surface area contributed by atoms with Crippen LogP contribution in [0.3, 0.4) is 0 Å². The molecule has 2 aromatic rings. The summed E-state index contributed by atoms with van der Waals surface area (Å²) in [6.45, 7) is 0. The standard InChI is InChI=1S/C14H10N2O3/c15-8-9-1-3-11(4-2-9)16-14(19)10-5-12(17)7-13(18)6-10/h1-7,17-18H,(H,16,19). The highest BCUT2D eigenvalue weighted by Crippen LogP contribution is 2.21. The van der Waals surface area contributed by atoms with Gasteiger partial charge in [0.1, 0.15) is 11.5 Å². The summed E-state index contributed by atoms with van der Waals surface area (Å²) < 4.78 is 0. The molecule has 3 N–H and O–H groups in total. The first-order chi connectivity index (χ1) is 9.08. The Balaban J connectivity index is 2.18. The fourth-order valence-electron chi connectivity index (χ4n) is 1.56. The number of nitriles is 1. The first-order valence-corrected chi connectivity index (χ1v) is 5.43. The van der Waals surface area contributed by atoms with Crippen LogP contribution in [0.15, 0.2) is 42.5 Å². The van der Waals surface area contributed by atoms with Crippen molar-refractivity contribution in [1.82, 2.24) is 0 Å². The molecule has 0 atom stereocenters. The van der Waals surface area contributed by atoms with Gasteiger partial charge in [0.2, 0.25) is 0 Å². The zero-order valence-electron chi connectivity index (χ0n) is 9.79. The number of phenols is 2. The van der Waals surface area contributed by atoms with Crippen LogP contribution in [0.2, 0.25) is 0 Å². The number of amides is 1. The van der Waals surface area contributed by atoms with E-state index in [4.69, 9.17) is 5.26 Å². The lowest BCUT2D eigenvalue weighted by Crippen LogP contribution is -2.11. The summed E-state index contributed by atoms with van der Waals surface area (Å²) in [5.41, 5.74) is 1.15. The molecule has 0 unspecified atom stereocenters. The van der Waals surface area contributed by atoms with Gasteiger partial charge >= 0.3 is 0 Å². The number of hydrogen-bond donors (Lipinski definition) is 3. The number of nitrogens with one attached hydrogen (secondary N) is 1. The van der Waals surface area contributed by atoms with Gasteiger partial charge in [-0.3, -0.25) is 4.79 Å². The highest BCUT2D eigenvalue weighted by molar-refractivity contribution is 6.04. The molecule has 0 fully saturated rings. The summed E-state index contributed by atoms with van der Waals surface area (Å²) in [5.74, 6) is -0.842. The number of rotatable bonds is 2. The molecule has 2 rings (SSSR count). The van der Waals surface area contributed by atoms with Crippen molar-refractivity contribution in [2.45, 2.75) is 0 Å². The van der Waals surface area contributed by atoms with Crippen LogP contribution in [0.4, 0.5) is 5.69 Å². The predicted octanol–water partition coefficient (Wildman–Crippen LogP) is 2.22. The molecule has 0 saturated carbocycles. The molecular weight excluding hydrogens is 244 g/mol. The maximum Gasteiger partial charge on any atom is 0.255 e. The minimum absolute atomic E-state index is 0.141. The molecule has 0 aliphatic carbocycles. The molecule has 0 spiro atoms. The number of carbonyl (C=O) groups excluding carboxylic acids is 1. The van der Waals surface area contributed by atoms with Crippen LogP contribution >= 0.6 is 0 Å². The van der Waals surface area contributed by atoms with Crippen LogP contribution in [0.5, 0.6) is 11.5 Å². The Hall–Kier alpha value is -3.00. The second-order valence-electron chi connectivity index (χ2n) is 3.88. The van der Waals surface area contributed by atoms with Gasteiger partial charge in [0.05, 0.1) is 11.6 Å². The van der Waals surface area contributed by atoms with Crippen LogP contribution in [-0.4, -0.2) is 16.1 Å². The smallest absolute Gasteiger partial charge is 0.255 e. The van der Waals surface area contributed by atoms with E-state index in [1.54, 1.807) is 24.3 Å². The van der Waals surface area contributed by atoms with E-state index in [9.17, 15) is 15.0 Å². The Kier molecular flexibility index (Phi) is 3.35. The second kappa shape index (κ2) is 5.10. The molecule has 0 aliphatic heterocycles. The molecule has 1 amide bonds. The molecule has 5 nitrogen and oxygen atoms in total. The lowest BCUT2D eigenvalue weighted by atomic mass is 10.1. The number of nitrogens with zero attached hydrogens (tertiary/aromatic N) is 1. The first kappa shape index (κ1) is 12.5. The SMILES string of the molecule is N#Cc1ccc(NC(=O)c2cc(O)cc(O)c2)cc1. The van der Waals surface area contributed by atoms with Gasteiger partial charge in [-0.05, 0) is 36.4 Å². The zero-order valence-corrected chi connectivity index (χ0v) is 9.79. The van der Waals surface area contributed by atoms with Gasteiger partial charge in [-0.1, -0.05) is 0 Å². The normalized spacial score (nSPS) is 9.63. The van der Waals surface area contributed by atoms with Crippen molar-refractivity contribution >= 4 is 11.6 Å². The van der Waals surface area contributed by atoms with E-state index >= 15 is 0 Å². The number of anilines is 1. The first-order valence-electron chi connectivity index (χ1n) is 5.43. The fraction of sp³-hybridized carbons (Fsp3) is 0. The largest absolute Gasteiger partial charge is 0.508 e. The molecule has 0 aromatic heterocycles. The van der Waals surface area contributed by atoms with Crippen molar-refractivity contribution in [2.75, 3.05) is 5.32 Å². The summed E-state index contributed by atoms with van der Waals surface area (Å²) in [7, 11) is 0. The molecule has 0 saturated heterocycles. The minimum atomic E-state index is -0.462. The molecule has 0 aliphatic rings. The van der Waals surface area contributed by atoms with Crippen molar-refractivity contribution in [3.05, 3.63) is 53.6 Å². The summed E-state index contributed by atoms with van der Waals surface area (Å²) in [6.07, 6.45) is 0. The monoisotopic (exact) mass is 254 g/mol. The minimum Gasteiger partial charge on any atom is -0.508 e. The average molecular weight is 254 g/mol. The van der Waals surface area contributed by atoms with E-state index in [1.165, 1.54) is 12.1 Å². The predicted molar refractivity (Wildman–Crippen MR) is 68.9 cm³/mol. The zero-order chi connectivity index (χ0) is 13.8. The van der Waals surface area contributed by atoms with Crippen molar-refractivity contribution in [1.29, 1.82) is 5.26 Å². The van der Waals surface area contributed by atoms with E-state index in [2.05, 4.69) is 5.32 Å². The Morgan fingerprint density at radius 3 is 2.16 bits per heavy atom. The summed E-state index contributed by atoms with van der Waals surface area (Å²) in [6, 6.07) is 12.0. The molecule has 94 valence electrons. The third-order valence-corrected chi connectivity index (χ3v) is 2.44. The van der Waals surface area contributed by atoms with Gasteiger partial charge < -0.3 is 15.5 Å². The number of hydrogen-bond acceptors (Lipinski definition) is 4. The molecule has 19 heavy (non-hydrogen) atoms. The van der Waals surface area contributed by atoms with E-state index in [-0.39, 0.29) is 17.1 Å². The lowest BCUT2D eigenvalue weighted by molar-refractivity contribution is 0.102. The maximum absolute atomic E-state index is 11.9. The Bertz CT molecular complexity index is 637. The lowest BCUT2D eigenvalue weighted by Gasteiger charge is -2.06. The highest BCUT2D eigenvalue weighted by atomic mass is 16.3. The van der Waals surface area contributed by atoms with Gasteiger partial charge in [0.15, 0.2) is 0 Å². The highest BCUT2D eigenvalue weighted by Gasteiger charge is 2.08. The summed E-state index contributed by atoms with van der Waals surface area (Å²) in [4.78, 5) is 11.9. The summed E-state index contributed by atoms with van der Waals surface area (Å²) in [5, 5.41) is 29.9. The third-order valence-electron chi connectivity index (χ3n) is 2.44. The van der Waals surface area contributed by atoms with Crippen LogP contribution in [0.25, 0.3) is 0 Å². The Morgan fingerprint density at radius 1 is 1.05 bits per heavy atom. The second-order valence-corrected chi connectivity index (χ2v) is 3.88. The number of phenolic OH excluding ortho intramolecular Hbond substituents is 2. The van der Waals surface area contributed by atoms with E-state index in [1.807, 2.05) is 6.07 Å². The number of aromatic hydroxyl groups is 2. The van der Waals surface area contributed by atoms with Gasteiger partial charge in [0.25, 0.3) is 5.91 Å². The molecule has 0 radical (unpaired) electrons. The quantitative estimate of drug-likeness (QED) is 0.766. The topological polar surface area (TPSA) is 93.4 Å². The molecule has 0 bridgehead atoms. The molecule has 0 heterocycles. The van der Waals surface area contributed by atoms with Gasteiger partial charge in [-0.25, -0.2) is 0 Å². The average Bonchev–Trinajstić information content (AvgIpc) is 2.38. The number of carbonyl (C=O) groups is 1. The molecule has 2 aromatic carbocycles. The van der Waals surface area contributed by atoms with Gasteiger partial charge in [0, 0.05) is 17.3 Å². The fourth-order valence-corrected chi connectivity index (χ4v) is 1.56. The molecule has 5 heteroatoms. The van der Waals surface area contributed by atoms with Crippen LogP contribution in [-0.2, 0) is 0 Å². The van der Waals surface area contributed by atoms with E-state index < -0.39 is 5.91 Å². The van der Waals surface area contributed by atoms with Crippen molar-refractivity contribution in [2.24, 2.45) is 0 Å². The number of benzene rings is 2. The van der Waals surface area contributed by atoms with Gasteiger partial charge in [-0.2, -0.15) is 5.26 Å². The van der Waals surface area contributed by atoms with Crippen LogP contribution < -0.4 is 5.32 Å². The Morgan fingerprint density at radius 2 is 1.63 bits per heavy atom. The van der Waals surface area contributed by atoms with Crippen LogP contribution in [0, 0.1) is 11.3 Å². The van der Waals surface area contributed by atoms with Gasteiger partial charge in [-0.15, -0.1) is 0 Å². The maximum atomic E-state index is 11.9. The molecular formula is C14H10N2O3. The Labute approximate surface area is 109 Å². The summed E-state index contributed by atoms with van der Waals surface area (Å²) >= 11 is 0. The van der Waals surface area contributed by atoms with Crippen molar-refractivity contribution < 1.29 is 15.0 Å². The van der Waals surface area contributed by atoms with Crippen LogP contribution in [0.1, 0.15) is 15.9 Å². The van der Waals surface area contributed by atoms with Crippen molar-refractivity contribution in [3.63, 3.8) is 0 Å². The third kappa shape index (κ3) is 3.01. The van der Waals surface area contributed by atoms with E-state index in [0.29, 0.717) is 11.3 Å². The van der Waals surface area contributed by atoms with E-state index in [0.717, 1.165) is 6.07 Å².